The lowest BCUT2D eigenvalue weighted by Crippen LogP contribution is -2.39. The first-order chi connectivity index (χ1) is 3.72. The van der Waals surface area contributed by atoms with Crippen molar-refractivity contribution in [2.45, 2.75) is 25.1 Å². The van der Waals surface area contributed by atoms with Gasteiger partial charge in [-0.15, -0.1) is 0 Å². The SMILES string of the molecule is O=[N+]([O-])C1CCC1F. The van der Waals surface area contributed by atoms with E-state index in [1.807, 2.05) is 0 Å². The number of hydrogen-bond donors (Lipinski definition) is 0. The third-order valence-corrected chi connectivity index (χ3v) is 1.43. The minimum atomic E-state index is -1.18. The van der Waals surface area contributed by atoms with E-state index < -0.39 is 17.1 Å². The molecule has 1 aliphatic rings. The van der Waals surface area contributed by atoms with Crippen molar-refractivity contribution in [1.82, 2.24) is 0 Å². The van der Waals surface area contributed by atoms with Crippen molar-refractivity contribution in [3.05, 3.63) is 10.1 Å². The summed E-state index contributed by atoms with van der Waals surface area (Å²) in [6.45, 7) is 0. The molecule has 0 heterocycles. The smallest absolute Gasteiger partial charge is 0.243 e. The van der Waals surface area contributed by atoms with Crippen LogP contribution in [0.5, 0.6) is 0 Å². The third-order valence-electron chi connectivity index (χ3n) is 1.43. The standard InChI is InChI=1S/C4H6FNO2/c5-3-1-2-4(3)6(7)8/h3-4H,1-2H2. The quantitative estimate of drug-likeness (QED) is 0.378. The van der Waals surface area contributed by atoms with Crippen LogP contribution < -0.4 is 0 Å². The van der Waals surface area contributed by atoms with Crippen LogP contribution in [0.3, 0.4) is 0 Å². The van der Waals surface area contributed by atoms with Crippen LogP contribution >= 0.6 is 0 Å². The van der Waals surface area contributed by atoms with Crippen LogP contribution in [0.15, 0.2) is 0 Å². The first-order valence-electron chi connectivity index (χ1n) is 2.49. The van der Waals surface area contributed by atoms with Crippen LogP contribution in [0.4, 0.5) is 4.39 Å². The Morgan fingerprint density at radius 1 is 1.62 bits per heavy atom. The average molecular weight is 119 g/mol. The molecular weight excluding hydrogens is 113 g/mol. The summed E-state index contributed by atoms with van der Waals surface area (Å²) in [4.78, 5) is 9.21. The maximum atomic E-state index is 12.0. The molecule has 46 valence electrons. The molecule has 1 aliphatic carbocycles. The largest absolute Gasteiger partial charge is 0.264 e. The van der Waals surface area contributed by atoms with Crippen LogP contribution in [-0.4, -0.2) is 17.1 Å². The Balaban J connectivity index is 2.37. The van der Waals surface area contributed by atoms with Crippen molar-refractivity contribution >= 4 is 0 Å². The molecule has 0 spiro atoms. The number of halogens is 1. The van der Waals surface area contributed by atoms with E-state index in [1.54, 1.807) is 0 Å². The molecule has 2 unspecified atom stereocenters. The highest BCUT2D eigenvalue weighted by Crippen LogP contribution is 2.25. The molecule has 8 heavy (non-hydrogen) atoms. The number of alkyl halides is 1. The van der Waals surface area contributed by atoms with Gasteiger partial charge in [-0.1, -0.05) is 0 Å². The van der Waals surface area contributed by atoms with Crippen molar-refractivity contribution in [3.8, 4) is 0 Å². The summed E-state index contributed by atoms with van der Waals surface area (Å²) in [5.41, 5.74) is 0. The van der Waals surface area contributed by atoms with E-state index in [0.717, 1.165) is 0 Å². The summed E-state index contributed by atoms with van der Waals surface area (Å²) >= 11 is 0. The average Bonchev–Trinajstić information content (AvgIpc) is 1.61. The fourth-order valence-corrected chi connectivity index (χ4v) is 0.679. The molecule has 0 saturated heterocycles. The van der Waals surface area contributed by atoms with E-state index >= 15 is 0 Å². The van der Waals surface area contributed by atoms with Crippen LogP contribution in [0.25, 0.3) is 0 Å². The Morgan fingerprint density at radius 3 is 2.25 bits per heavy atom. The molecule has 4 heteroatoms. The molecule has 0 amide bonds. The van der Waals surface area contributed by atoms with Crippen molar-refractivity contribution in [2.75, 3.05) is 0 Å². The number of nitrogens with zero attached hydrogens (tertiary/aromatic N) is 1. The predicted molar refractivity (Wildman–Crippen MR) is 24.9 cm³/mol. The topological polar surface area (TPSA) is 43.1 Å². The fraction of sp³-hybridized carbons (Fsp3) is 1.00. The molecule has 3 nitrogen and oxygen atoms in total. The van der Waals surface area contributed by atoms with Gasteiger partial charge in [-0.05, 0) is 6.42 Å². The number of nitro groups is 1. The zero-order valence-corrected chi connectivity index (χ0v) is 4.21. The van der Waals surface area contributed by atoms with Gasteiger partial charge in [0.25, 0.3) is 0 Å². The summed E-state index contributed by atoms with van der Waals surface area (Å²) in [5, 5.41) is 9.76. The molecular formula is C4H6FNO2. The van der Waals surface area contributed by atoms with Crippen LogP contribution in [-0.2, 0) is 0 Å². The van der Waals surface area contributed by atoms with E-state index in [-0.39, 0.29) is 0 Å². The molecule has 0 aliphatic heterocycles. The molecule has 0 radical (unpaired) electrons. The van der Waals surface area contributed by atoms with Crippen molar-refractivity contribution in [1.29, 1.82) is 0 Å². The van der Waals surface area contributed by atoms with E-state index in [0.29, 0.717) is 12.8 Å². The first kappa shape index (κ1) is 5.47. The van der Waals surface area contributed by atoms with Crippen LogP contribution in [0.2, 0.25) is 0 Å². The summed E-state index contributed by atoms with van der Waals surface area (Å²) < 4.78 is 12.0. The molecule has 1 rings (SSSR count). The molecule has 2 atom stereocenters. The molecule has 1 saturated carbocycles. The van der Waals surface area contributed by atoms with E-state index in [9.17, 15) is 14.5 Å². The maximum absolute atomic E-state index is 12.0. The Labute approximate surface area is 45.6 Å². The monoisotopic (exact) mass is 119 g/mol. The second-order valence-electron chi connectivity index (χ2n) is 1.95. The first-order valence-corrected chi connectivity index (χ1v) is 2.49. The van der Waals surface area contributed by atoms with Gasteiger partial charge in [0.15, 0.2) is 6.17 Å². The lowest BCUT2D eigenvalue weighted by molar-refractivity contribution is -0.545. The second kappa shape index (κ2) is 1.69. The van der Waals surface area contributed by atoms with Gasteiger partial charge in [0, 0.05) is 11.3 Å². The van der Waals surface area contributed by atoms with Gasteiger partial charge < -0.3 is 0 Å². The fourth-order valence-electron chi connectivity index (χ4n) is 0.679. The lowest BCUT2D eigenvalue weighted by atomic mass is 9.91. The van der Waals surface area contributed by atoms with Gasteiger partial charge >= 0.3 is 0 Å². The minimum absolute atomic E-state index is 0.367. The summed E-state index contributed by atoms with van der Waals surface area (Å²) in [5.74, 6) is 0. The highest BCUT2D eigenvalue weighted by atomic mass is 19.1. The zero-order chi connectivity index (χ0) is 6.15. The Bertz CT molecular complexity index is 117. The number of rotatable bonds is 1. The van der Waals surface area contributed by atoms with E-state index in [2.05, 4.69) is 0 Å². The highest BCUT2D eigenvalue weighted by molar-refractivity contribution is 4.79. The van der Waals surface area contributed by atoms with Gasteiger partial charge in [0.1, 0.15) is 0 Å². The van der Waals surface area contributed by atoms with Gasteiger partial charge in [-0.25, -0.2) is 4.39 Å². The molecule has 1 fully saturated rings. The number of hydrogen-bond acceptors (Lipinski definition) is 2. The van der Waals surface area contributed by atoms with Gasteiger partial charge in [0.05, 0.1) is 0 Å². The maximum Gasteiger partial charge on any atom is 0.243 e. The van der Waals surface area contributed by atoms with Crippen molar-refractivity contribution in [3.63, 3.8) is 0 Å². The molecule has 0 aromatic heterocycles. The van der Waals surface area contributed by atoms with Crippen molar-refractivity contribution in [2.24, 2.45) is 0 Å². The molecule has 0 N–H and O–H groups in total. The van der Waals surface area contributed by atoms with E-state index in [1.165, 1.54) is 0 Å². The summed E-state index contributed by atoms with van der Waals surface area (Å²) in [6, 6.07) is -0.894. The van der Waals surface area contributed by atoms with Gasteiger partial charge in [0.2, 0.25) is 6.04 Å². The lowest BCUT2D eigenvalue weighted by Gasteiger charge is -2.21. The van der Waals surface area contributed by atoms with Crippen LogP contribution in [0, 0.1) is 10.1 Å². The Morgan fingerprint density at radius 2 is 2.25 bits per heavy atom. The third kappa shape index (κ3) is 0.657. The van der Waals surface area contributed by atoms with Crippen LogP contribution in [0.1, 0.15) is 12.8 Å². The zero-order valence-electron chi connectivity index (χ0n) is 4.21. The van der Waals surface area contributed by atoms with E-state index in [4.69, 9.17) is 0 Å². The highest BCUT2D eigenvalue weighted by Gasteiger charge is 2.40. The second-order valence-corrected chi connectivity index (χ2v) is 1.95. The Kier molecular flexibility index (Phi) is 1.15. The van der Waals surface area contributed by atoms with Gasteiger partial charge in [-0.2, -0.15) is 0 Å². The Hall–Kier alpha value is -0.670. The summed E-state index contributed by atoms with van der Waals surface area (Å²) in [7, 11) is 0. The normalized spacial score (nSPS) is 36.1. The van der Waals surface area contributed by atoms with Gasteiger partial charge in [-0.3, -0.25) is 10.1 Å². The molecule has 0 bridgehead atoms. The molecule has 0 aromatic rings. The van der Waals surface area contributed by atoms with Crippen molar-refractivity contribution < 1.29 is 9.31 Å². The predicted octanol–water partition coefficient (Wildman–Crippen LogP) is 0.764. The minimum Gasteiger partial charge on any atom is -0.264 e. The summed E-state index contributed by atoms with van der Waals surface area (Å²) in [6.07, 6.45) is -0.398. The molecule has 0 aromatic carbocycles.